The zero-order valence-electron chi connectivity index (χ0n) is 5.94. The lowest BCUT2D eigenvalue weighted by Gasteiger charge is -1.85. The molecule has 0 saturated heterocycles. The van der Waals surface area contributed by atoms with E-state index >= 15 is 0 Å². The molecular formula is C7H9Cl2N. The van der Waals surface area contributed by atoms with Crippen LogP contribution in [0, 0.1) is 0 Å². The summed E-state index contributed by atoms with van der Waals surface area (Å²) in [5, 5.41) is 1.04. The van der Waals surface area contributed by atoms with E-state index in [1.165, 1.54) is 0 Å². The van der Waals surface area contributed by atoms with Crippen molar-refractivity contribution in [1.82, 2.24) is 4.98 Å². The summed E-state index contributed by atoms with van der Waals surface area (Å²) in [5.74, 6) is 0. The van der Waals surface area contributed by atoms with Crippen molar-refractivity contribution >= 4 is 23.2 Å². The van der Waals surface area contributed by atoms with Crippen LogP contribution in [0.4, 0.5) is 0 Å². The molecule has 0 aliphatic heterocycles. The molecule has 1 rings (SSSR count). The molecule has 1 heterocycles. The molecule has 1 nitrogen and oxygen atoms in total. The van der Waals surface area contributed by atoms with Crippen molar-refractivity contribution in [3.63, 3.8) is 0 Å². The summed E-state index contributed by atoms with van der Waals surface area (Å²) in [4.78, 5) is 3.72. The Kier molecular flexibility index (Phi) is 5.36. The van der Waals surface area contributed by atoms with E-state index in [9.17, 15) is 0 Å². The number of hydrogen-bond acceptors (Lipinski definition) is 1. The second-order valence-electron chi connectivity index (χ2n) is 1.30. The molecule has 56 valence electrons. The monoisotopic (exact) mass is 177 g/mol. The van der Waals surface area contributed by atoms with Crippen LogP contribution in [0.1, 0.15) is 13.8 Å². The Bertz CT molecular complexity index is 171. The van der Waals surface area contributed by atoms with E-state index < -0.39 is 0 Å². The Labute approximate surface area is 71.0 Å². The second-order valence-corrected chi connectivity index (χ2v) is 2.12. The number of pyridine rings is 1. The Balaban J connectivity index is 0.000000371. The van der Waals surface area contributed by atoms with Crippen molar-refractivity contribution in [1.29, 1.82) is 0 Å². The van der Waals surface area contributed by atoms with Crippen molar-refractivity contribution in [2.24, 2.45) is 0 Å². The molecule has 0 bridgehead atoms. The molecule has 0 radical (unpaired) electrons. The predicted molar refractivity (Wildman–Crippen MR) is 45.6 cm³/mol. The van der Waals surface area contributed by atoms with E-state index in [1.54, 1.807) is 18.3 Å². The van der Waals surface area contributed by atoms with Gasteiger partial charge in [0.25, 0.3) is 0 Å². The molecule has 0 fully saturated rings. The molecule has 0 atom stereocenters. The van der Waals surface area contributed by atoms with E-state index in [4.69, 9.17) is 23.2 Å². The molecule has 0 saturated carbocycles. The maximum absolute atomic E-state index is 5.52. The van der Waals surface area contributed by atoms with Gasteiger partial charge in [-0.3, -0.25) is 0 Å². The van der Waals surface area contributed by atoms with Gasteiger partial charge in [0.2, 0.25) is 0 Å². The average molecular weight is 178 g/mol. The van der Waals surface area contributed by atoms with E-state index in [0.29, 0.717) is 10.2 Å². The molecule has 0 N–H and O–H groups in total. The quantitative estimate of drug-likeness (QED) is 0.554. The van der Waals surface area contributed by atoms with Gasteiger partial charge in [0.1, 0.15) is 5.15 Å². The molecule has 0 aromatic carbocycles. The van der Waals surface area contributed by atoms with Gasteiger partial charge in [-0.05, 0) is 12.1 Å². The first kappa shape index (κ1) is 9.73. The van der Waals surface area contributed by atoms with Crippen molar-refractivity contribution in [2.75, 3.05) is 0 Å². The van der Waals surface area contributed by atoms with Gasteiger partial charge in [-0.25, -0.2) is 4.98 Å². The van der Waals surface area contributed by atoms with Gasteiger partial charge in [-0.15, -0.1) is 0 Å². The molecule has 10 heavy (non-hydrogen) atoms. The second kappa shape index (κ2) is 5.51. The summed E-state index contributed by atoms with van der Waals surface area (Å²) >= 11 is 11.0. The Morgan fingerprint density at radius 1 is 1.30 bits per heavy atom. The van der Waals surface area contributed by atoms with Crippen molar-refractivity contribution in [3.05, 3.63) is 28.5 Å². The van der Waals surface area contributed by atoms with Crippen LogP contribution in [-0.4, -0.2) is 4.98 Å². The molecule has 1 aromatic heterocycles. The van der Waals surface area contributed by atoms with E-state index in [2.05, 4.69) is 4.98 Å². The summed E-state index contributed by atoms with van der Waals surface area (Å²) in [5.41, 5.74) is 0. The third-order valence-electron chi connectivity index (χ3n) is 0.689. The highest BCUT2D eigenvalue weighted by Gasteiger charge is 1.86. The lowest BCUT2D eigenvalue weighted by Crippen LogP contribution is -1.69. The largest absolute Gasteiger partial charge is 0.244 e. The molecule has 0 aliphatic rings. The van der Waals surface area contributed by atoms with Gasteiger partial charge >= 0.3 is 0 Å². The number of rotatable bonds is 0. The van der Waals surface area contributed by atoms with Gasteiger partial charge in [-0.2, -0.15) is 0 Å². The third kappa shape index (κ3) is 3.70. The summed E-state index contributed by atoms with van der Waals surface area (Å²) in [6, 6.07) is 3.26. The fourth-order valence-corrected chi connectivity index (χ4v) is 0.768. The lowest BCUT2D eigenvalue weighted by molar-refractivity contribution is 1.33. The van der Waals surface area contributed by atoms with Crippen LogP contribution in [0.15, 0.2) is 18.3 Å². The molecule has 3 heteroatoms. The smallest absolute Gasteiger partial charge is 0.130 e. The third-order valence-corrected chi connectivity index (χ3v) is 1.13. The fourth-order valence-electron chi connectivity index (χ4n) is 0.379. The summed E-state index contributed by atoms with van der Waals surface area (Å²) in [6.45, 7) is 4.00. The molecule has 0 spiro atoms. The zero-order valence-corrected chi connectivity index (χ0v) is 7.45. The minimum absolute atomic E-state index is 0.428. The highest BCUT2D eigenvalue weighted by Crippen LogP contribution is 2.10. The maximum Gasteiger partial charge on any atom is 0.130 e. The number of halogens is 2. The van der Waals surface area contributed by atoms with Crippen LogP contribution >= 0.6 is 23.2 Å². The van der Waals surface area contributed by atoms with Gasteiger partial charge in [0.15, 0.2) is 0 Å². The first-order chi connectivity index (χ1) is 4.79. The standard InChI is InChI=1S/C5H3Cl2N.C2H6/c6-4-1-2-8-5(7)3-4;1-2/h1-3H;1-2H3. The van der Waals surface area contributed by atoms with Crippen LogP contribution in [-0.2, 0) is 0 Å². The van der Waals surface area contributed by atoms with Crippen molar-refractivity contribution < 1.29 is 0 Å². The molecule has 1 aromatic rings. The molecular weight excluding hydrogens is 169 g/mol. The maximum atomic E-state index is 5.52. The van der Waals surface area contributed by atoms with Crippen LogP contribution < -0.4 is 0 Å². The molecule has 0 aliphatic carbocycles. The van der Waals surface area contributed by atoms with Crippen LogP contribution in [0.3, 0.4) is 0 Å². The predicted octanol–water partition coefficient (Wildman–Crippen LogP) is 3.41. The molecule has 0 amide bonds. The van der Waals surface area contributed by atoms with Gasteiger partial charge in [-0.1, -0.05) is 37.0 Å². The zero-order chi connectivity index (χ0) is 7.98. The van der Waals surface area contributed by atoms with Crippen molar-refractivity contribution in [3.8, 4) is 0 Å². The fraction of sp³-hybridized carbons (Fsp3) is 0.286. The highest BCUT2D eigenvalue weighted by molar-refractivity contribution is 6.33. The summed E-state index contributed by atoms with van der Waals surface area (Å²) in [7, 11) is 0. The lowest BCUT2D eigenvalue weighted by atomic mass is 10.5. The van der Waals surface area contributed by atoms with Crippen molar-refractivity contribution in [2.45, 2.75) is 13.8 Å². The van der Waals surface area contributed by atoms with E-state index in [1.807, 2.05) is 13.8 Å². The first-order valence-corrected chi connectivity index (χ1v) is 3.82. The average Bonchev–Trinajstić information content (AvgIpc) is 1.91. The van der Waals surface area contributed by atoms with Gasteiger partial charge in [0, 0.05) is 11.2 Å². The summed E-state index contributed by atoms with van der Waals surface area (Å²) < 4.78 is 0. The topological polar surface area (TPSA) is 12.9 Å². The van der Waals surface area contributed by atoms with Gasteiger partial charge < -0.3 is 0 Å². The molecule has 0 unspecified atom stereocenters. The minimum Gasteiger partial charge on any atom is -0.244 e. The Morgan fingerprint density at radius 3 is 2.20 bits per heavy atom. The number of aromatic nitrogens is 1. The minimum atomic E-state index is 0.428. The van der Waals surface area contributed by atoms with Gasteiger partial charge in [0.05, 0.1) is 0 Å². The van der Waals surface area contributed by atoms with Crippen LogP contribution in [0.25, 0.3) is 0 Å². The highest BCUT2D eigenvalue weighted by atomic mass is 35.5. The summed E-state index contributed by atoms with van der Waals surface area (Å²) in [6.07, 6.45) is 1.56. The Morgan fingerprint density at radius 2 is 1.90 bits per heavy atom. The SMILES string of the molecule is CC.Clc1ccnc(Cl)c1. The first-order valence-electron chi connectivity index (χ1n) is 3.06. The van der Waals surface area contributed by atoms with Crippen LogP contribution in [0.2, 0.25) is 10.2 Å². The normalized spacial score (nSPS) is 8.00. The number of nitrogens with zero attached hydrogens (tertiary/aromatic N) is 1. The Hall–Kier alpha value is -0.270. The van der Waals surface area contributed by atoms with Crippen LogP contribution in [0.5, 0.6) is 0 Å². The number of hydrogen-bond donors (Lipinski definition) is 0. The van der Waals surface area contributed by atoms with E-state index in [-0.39, 0.29) is 0 Å². The van der Waals surface area contributed by atoms with E-state index in [0.717, 1.165) is 0 Å².